The zero-order valence-electron chi connectivity index (χ0n) is 15.6. The molecule has 2 aromatic rings. The third-order valence-corrected chi connectivity index (χ3v) is 5.28. The van der Waals surface area contributed by atoms with Gasteiger partial charge >= 0.3 is 0 Å². The maximum absolute atomic E-state index is 12.3. The first-order valence-corrected chi connectivity index (χ1v) is 9.62. The Kier molecular flexibility index (Phi) is 5.37. The van der Waals surface area contributed by atoms with Crippen LogP contribution in [0.15, 0.2) is 59.7 Å². The van der Waals surface area contributed by atoms with E-state index in [0.717, 1.165) is 31.4 Å². The number of carbonyl (C=O) groups excluding carboxylic acids is 2. The van der Waals surface area contributed by atoms with E-state index in [1.807, 2.05) is 18.2 Å². The molecule has 0 radical (unpaired) electrons. The molecule has 2 aromatic carbocycles. The molecule has 1 heterocycles. The lowest BCUT2D eigenvalue weighted by atomic mass is 9.83. The van der Waals surface area contributed by atoms with Gasteiger partial charge in [-0.25, -0.2) is 5.43 Å². The molecule has 28 heavy (non-hydrogen) atoms. The second-order valence-electron chi connectivity index (χ2n) is 7.13. The van der Waals surface area contributed by atoms with Crippen LogP contribution in [0.4, 0.5) is 5.69 Å². The normalized spacial score (nSPS) is 18.9. The standard InChI is InChI=1S/C22H23N3O3/c26-21(14-25-19-8-4-5-9-20(19)28-15-22(25)27)24-23-18-12-10-17(11-13-18)16-6-2-1-3-7-16/h1-9,17H,10-15H2,(H,24,26). The lowest BCUT2D eigenvalue weighted by Crippen LogP contribution is -2.44. The summed E-state index contributed by atoms with van der Waals surface area (Å²) in [4.78, 5) is 25.9. The molecule has 0 spiro atoms. The minimum absolute atomic E-state index is 0.0559. The summed E-state index contributed by atoms with van der Waals surface area (Å²) in [5, 5.41) is 4.31. The maximum atomic E-state index is 12.3. The van der Waals surface area contributed by atoms with Gasteiger partial charge in [-0.15, -0.1) is 0 Å². The smallest absolute Gasteiger partial charge is 0.265 e. The quantitative estimate of drug-likeness (QED) is 0.832. The van der Waals surface area contributed by atoms with Crippen molar-refractivity contribution < 1.29 is 14.3 Å². The summed E-state index contributed by atoms with van der Waals surface area (Å²) in [5.74, 6) is 0.631. The lowest BCUT2D eigenvalue weighted by molar-refractivity contribution is -0.125. The molecule has 0 bridgehead atoms. The van der Waals surface area contributed by atoms with Crippen molar-refractivity contribution in [3.05, 3.63) is 60.2 Å². The SMILES string of the molecule is O=C(CN1C(=O)COc2ccccc21)NN=C1CCC(c2ccccc2)CC1. The average Bonchev–Trinajstić information content (AvgIpc) is 2.75. The Hall–Kier alpha value is -3.15. The number of nitrogens with zero attached hydrogens (tertiary/aromatic N) is 2. The predicted octanol–water partition coefficient (Wildman–Crippen LogP) is 3.24. The van der Waals surface area contributed by atoms with Crippen LogP contribution in [-0.2, 0) is 9.59 Å². The van der Waals surface area contributed by atoms with Gasteiger partial charge in [-0.1, -0.05) is 42.5 Å². The number of hydrogen-bond acceptors (Lipinski definition) is 4. The molecule has 2 aliphatic rings. The molecule has 0 saturated heterocycles. The van der Waals surface area contributed by atoms with E-state index >= 15 is 0 Å². The number of hydrazone groups is 1. The Morgan fingerprint density at radius 2 is 1.79 bits per heavy atom. The van der Waals surface area contributed by atoms with Gasteiger partial charge in [-0.05, 0) is 49.3 Å². The molecular formula is C22H23N3O3. The largest absolute Gasteiger partial charge is 0.482 e. The maximum Gasteiger partial charge on any atom is 0.265 e. The van der Waals surface area contributed by atoms with Crippen molar-refractivity contribution in [2.75, 3.05) is 18.1 Å². The number of benzene rings is 2. The molecule has 0 unspecified atom stereocenters. The summed E-state index contributed by atoms with van der Waals surface area (Å²) < 4.78 is 5.40. The molecule has 1 aliphatic carbocycles. The van der Waals surface area contributed by atoms with Gasteiger partial charge in [0.15, 0.2) is 6.61 Å². The van der Waals surface area contributed by atoms with Gasteiger partial charge in [-0.2, -0.15) is 5.10 Å². The summed E-state index contributed by atoms with van der Waals surface area (Å²) in [5.41, 5.74) is 5.61. The summed E-state index contributed by atoms with van der Waals surface area (Å²) in [6.07, 6.45) is 3.82. The van der Waals surface area contributed by atoms with Crippen molar-refractivity contribution in [2.24, 2.45) is 5.10 Å². The van der Waals surface area contributed by atoms with Crippen molar-refractivity contribution in [3.63, 3.8) is 0 Å². The summed E-state index contributed by atoms with van der Waals surface area (Å²) in [7, 11) is 0. The van der Waals surface area contributed by atoms with Gasteiger partial charge in [0.25, 0.3) is 11.8 Å². The van der Waals surface area contributed by atoms with Gasteiger partial charge in [0.2, 0.25) is 0 Å². The van der Waals surface area contributed by atoms with Crippen LogP contribution in [0, 0.1) is 0 Å². The molecule has 6 heteroatoms. The Balaban J connectivity index is 1.32. The summed E-state index contributed by atoms with van der Waals surface area (Å²) >= 11 is 0. The number of nitrogens with one attached hydrogen (secondary N) is 1. The molecule has 0 atom stereocenters. The zero-order valence-corrected chi connectivity index (χ0v) is 15.6. The number of rotatable bonds is 4. The third kappa shape index (κ3) is 4.06. The highest BCUT2D eigenvalue weighted by atomic mass is 16.5. The fourth-order valence-electron chi connectivity index (χ4n) is 3.77. The molecule has 1 aliphatic heterocycles. The molecule has 1 fully saturated rings. The number of ether oxygens (including phenoxy) is 1. The highest BCUT2D eigenvalue weighted by Gasteiger charge is 2.27. The van der Waals surface area contributed by atoms with Gasteiger partial charge in [0, 0.05) is 5.71 Å². The highest BCUT2D eigenvalue weighted by Crippen LogP contribution is 2.32. The number of para-hydroxylation sites is 2. The van der Waals surface area contributed by atoms with E-state index < -0.39 is 0 Å². The molecule has 6 nitrogen and oxygen atoms in total. The second-order valence-corrected chi connectivity index (χ2v) is 7.13. The topological polar surface area (TPSA) is 71.0 Å². The van der Waals surface area contributed by atoms with E-state index in [4.69, 9.17) is 4.74 Å². The number of anilines is 1. The van der Waals surface area contributed by atoms with Crippen molar-refractivity contribution >= 4 is 23.2 Å². The van der Waals surface area contributed by atoms with Crippen LogP contribution in [-0.4, -0.2) is 30.7 Å². The Bertz CT molecular complexity index is 885. The first-order valence-electron chi connectivity index (χ1n) is 9.62. The first-order chi connectivity index (χ1) is 13.7. The third-order valence-electron chi connectivity index (χ3n) is 5.28. The van der Waals surface area contributed by atoms with E-state index in [2.05, 4.69) is 34.8 Å². The minimum atomic E-state index is -0.303. The monoisotopic (exact) mass is 377 g/mol. The predicted molar refractivity (Wildman–Crippen MR) is 108 cm³/mol. The average molecular weight is 377 g/mol. The van der Waals surface area contributed by atoms with E-state index in [9.17, 15) is 9.59 Å². The van der Waals surface area contributed by atoms with Crippen molar-refractivity contribution in [2.45, 2.75) is 31.6 Å². The van der Waals surface area contributed by atoms with Crippen LogP contribution >= 0.6 is 0 Å². The molecule has 0 aromatic heterocycles. The Labute approximate surface area is 164 Å². The van der Waals surface area contributed by atoms with E-state index in [0.29, 0.717) is 17.4 Å². The summed E-state index contributed by atoms with van der Waals surface area (Å²) in [6, 6.07) is 17.7. The summed E-state index contributed by atoms with van der Waals surface area (Å²) in [6.45, 7) is -0.123. The number of amides is 2. The van der Waals surface area contributed by atoms with Gasteiger partial charge < -0.3 is 4.74 Å². The van der Waals surface area contributed by atoms with Gasteiger partial charge in [0.1, 0.15) is 12.3 Å². The molecule has 2 amide bonds. The van der Waals surface area contributed by atoms with Crippen LogP contribution in [0.5, 0.6) is 5.75 Å². The Morgan fingerprint density at radius 1 is 1.07 bits per heavy atom. The van der Waals surface area contributed by atoms with Crippen LogP contribution < -0.4 is 15.1 Å². The second kappa shape index (κ2) is 8.25. The van der Waals surface area contributed by atoms with Crippen molar-refractivity contribution in [1.29, 1.82) is 0 Å². The van der Waals surface area contributed by atoms with Crippen LogP contribution in [0.2, 0.25) is 0 Å². The molecule has 4 rings (SSSR count). The van der Waals surface area contributed by atoms with E-state index in [-0.39, 0.29) is 25.0 Å². The molecule has 144 valence electrons. The van der Waals surface area contributed by atoms with Gasteiger partial charge in [0.05, 0.1) is 5.69 Å². The van der Waals surface area contributed by atoms with Crippen LogP contribution in [0.1, 0.15) is 37.2 Å². The van der Waals surface area contributed by atoms with E-state index in [1.54, 1.807) is 12.1 Å². The number of carbonyl (C=O) groups is 2. The lowest BCUT2D eigenvalue weighted by Gasteiger charge is -2.28. The van der Waals surface area contributed by atoms with Crippen LogP contribution in [0.3, 0.4) is 0 Å². The first kappa shape index (κ1) is 18.2. The molecular weight excluding hydrogens is 354 g/mol. The van der Waals surface area contributed by atoms with E-state index in [1.165, 1.54) is 10.5 Å². The van der Waals surface area contributed by atoms with Crippen molar-refractivity contribution in [3.8, 4) is 5.75 Å². The van der Waals surface area contributed by atoms with Gasteiger partial charge in [-0.3, -0.25) is 14.5 Å². The highest BCUT2D eigenvalue weighted by molar-refractivity contribution is 6.02. The fraction of sp³-hybridized carbons (Fsp3) is 0.318. The fourth-order valence-corrected chi connectivity index (χ4v) is 3.77. The number of fused-ring (bicyclic) bond motifs is 1. The molecule has 1 saturated carbocycles. The van der Waals surface area contributed by atoms with Crippen molar-refractivity contribution in [1.82, 2.24) is 5.43 Å². The Morgan fingerprint density at radius 3 is 2.57 bits per heavy atom. The number of hydrogen-bond donors (Lipinski definition) is 1. The van der Waals surface area contributed by atoms with Crippen LogP contribution in [0.25, 0.3) is 0 Å². The minimum Gasteiger partial charge on any atom is -0.482 e. The molecule has 1 N–H and O–H groups in total. The zero-order chi connectivity index (χ0) is 19.3.